The molecule has 1 fully saturated rings. The highest BCUT2D eigenvalue weighted by Gasteiger charge is 2.22. The summed E-state index contributed by atoms with van der Waals surface area (Å²) in [6, 6.07) is 0. The van der Waals surface area contributed by atoms with Gasteiger partial charge in [0.1, 0.15) is 5.78 Å². The molecule has 1 saturated heterocycles. The van der Waals surface area contributed by atoms with Crippen LogP contribution in [0.25, 0.3) is 0 Å². The minimum Gasteiger partial charge on any atom is -0.380 e. The Kier molecular flexibility index (Phi) is 4.39. The zero-order valence-electron chi connectivity index (χ0n) is 8.58. The number of nitrogens with zero attached hydrogens (tertiary/aromatic N) is 1. The fraction of sp³-hybridized carbons (Fsp3) is 0.900. The van der Waals surface area contributed by atoms with E-state index in [2.05, 4.69) is 4.90 Å². The molecular formula is C10H19NO2. The second kappa shape index (κ2) is 5.35. The molecule has 0 spiro atoms. The Balaban J connectivity index is 2.17. The van der Waals surface area contributed by atoms with Crippen molar-refractivity contribution in [3.63, 3.8) is 0 Å². The summed E-state index contributed by atoms with van der Waals surface area (Å²) in [7, 11) is 0. The van der Waals surface area contributed by atoms with Crippen LogP contribution in [0.5, 0.6) is 0 Å². The van der Waals surface area contributed by atoms with Crippen LogP contribution in [0.1, 0.15) is 20.3 Å². The van der Waals surface area contributed by atoms with Gasteiger partial charge in [-0.3, -0.25) is 9.69 Å². The molecule has 13 heavy (non-hydrogen) atoms. The topological polar surface area (TPSA) is 29.5 Å². The van der Waals surface area contributed by atoms with Gasteiger partial charge in [0, 0.05) is 38.6 Å². The third-order valence-corrected chi connectivity index (χ3v) is 2.51. The molecule has 0 saturated carbocycles. The van der Waals surface area contributed by atoms with Crippen LogP contribution in [0.2, 0.25) is 0 Å². The maximum atomic E-state index is 11.2. The minimum atomic E-state index is 0.218. The normalized spacial score (nSPS) is 25.1. The number of piperidine rings is 1. The predicted molar refractivity (Wildman–Crippen MR) is 51.7 cm³/mol. The first-order valence-corrected chi connectivity index (χ1v) is 5.07. The largest absolute Gasteiger partial charge is 0.380 e. The highest BCUT2D eigenvalue weighted by Crippen LogP contribution is 2.11. The van der Waals surface area contributed by atoms with Crippen LogP contribution in [0.4, 0.5) is 0 Å². The van der Waals surface area contributed by atoms with Crippen LogP contribution in [0.3, 0.4) is 0 Å². The molecule has 0 radical (unpaired) electrons. The van der Waals surface area contributed by atoms with E-state index in [1.807, 2.05) is 13.8 Å². The molecule has 0 aromatic rings. The monoisotopic (exact) mass is 185 g/mol. The standard InChI is InChI=1S/C10H19NO2/c1-3-13-7-6-11-5-4-10(12)9(2)8-11/h9H,3-8H2,1-2H3. The Labute approximate surface area is 80.1 Å². The Morgan fingerprint density at radius 3 is 3.00 bits per heavy atom. The lowest BCUT2D eigenvalue weighted by Crippen LogP contribution is -2.41. The molecule has 0 aromatic heterocycles. The van der Waals surface area contributed by atoms with Crippen molar-refractivity contribution >= 4 is 5.78 Å². The molecule has 1 atom stereocenters. The highest BCUT2D eigenvalue weighted by atomic mass is 16.5. The second-order valence-electron chi connectivity index (χ2n) is 3.61. The van der Waals surface area contributed by atoms with Crippen LogP contribution in [0, 0.1) is 5.92 Å². The van der Waals surface area contributed by atoms with Crippen LogP contribution >= 0.6 is 0 Å². The van der Waals surface area contributed by atoms with Gasteiger partial charge in [-0.25, -0.2) is 0 Å². The van der Waals surface area contributed by atoms with E-state index < -0.39 is 0 Å². The summed E-state index contributed by atoms with van der Waals surface area (Å²) in [6.45, 7) is 8.37. The third-order valence-electron chi connectivity index (χ3n) is 2.51. The number of hydrogen-bond acceptors (Lipinski definition) is 3. The maximum Gasteiger partial charge on any atom is 0.138 e. The Morgan fingerprint density at radius 2 is 2.38 bits per heavy atom. The third kappa shape index (κ3) is 3.44. The van der Waals surface area contributed by atoms with Gasteiger partial charge in [-0.05, 0) is 6.92 Å². The SMILES string of the molecule is CCOCCN1CCC(=O)C(C)C1. The molecule has 0 aromatic carbocycles. The first-order chi connectivity index (χ1) is 6.24. The first kappa shape index (κ1) is 10.7. The number of carbonyl (C=O) groups is 1. The molecule has 0 N–H and O–H groups in total. The molecule has 1 aliphatic rings. The summed E-state index contributed by atoms with van der Waals surface area (Å²) < 4.78 is 5.27. The van der Waals surface area contributed by atoms with Gasteiger partial charge in [0.05, 0.1) is 6.61 Å². The zero-order chi connectivity index (χ0) is 9.68. The summed E-state index contributed by atoms with van der Waals surface area (Å²) >= 11 is 0. The molecule has 0 amide bonds. The molecule has 0 aliphatic carbocycles. The number of rotatable bonds is 4. The number of carbonyl (C=O) groups excluding carboxylic acids is 1. The van der Waals surface area contributed by atoms with Gasteiger partial charge in [0.15, 0.2) is 0 Å². The number of ether oxygens (including phenoxy) is 1. The molecule has 1 heterocycles. The van der Waals surface area contributed by atoms with E-state index in [0.29, 0.717) is 12.2 Å². The van der Waals surface area contributed by atoms with Crippen LogP contribution in [-0.4, -0.2) is 43.5 Å². The number of Topliss-reactive ketones (excluding diaryl/α,β-unsaturated/α-hetero) is 1. The molecule has 1 unspecified atom stereocenters. The minimum absolute atomic E-state index is 0.218. The summed E-state index contributed by atoms with van der Waals surface area (Å²) in [6.07, 6.45) is 0.716. The fourth-order valence-corrected chi connectivity index (χ4v) is 1.64. The molecule has 3 heteroatoms. The van der Waals surface area contributed by atoms with Gasteiger partial charge >= 0.3 is 0 Å². The van der Waals surface area contributed by atoms with Gasteiger partial charge in [0.2, 0.25) is 0 Å². The Hall–Kier alpha value is -0.410. The maximum absolute atomic E-state index is 11.2. The van der Waals surface area contributed by atoms with Gasteiger partial charge in [-0.2, -0.15) is 0 Å². The lowest BCUT2D eigenvalue weighted by molar-refractivity contribution is -0.125. The van der Waals surface area contributed by atoms with Gasteiger partial charge in [-0.1, -0.05) is 6.92 Å². The number of likely N-dealkylation sites (tertiary alicyclic amines) is 1. The van der Waals surface area contributed by atoms with Crippen molar-refractivity contribution in [2.45, 2.75) is 20.3 Å². The lowest BCUT2D eigenvalue weighted by atomic mass is 9.99. The van der Waals surface area contributed by atoms with Crippen molar-refractivity contribution in [1.29, 1.82) is 0 Å². The quantitative estimate of drug-likeness (QED) is 0.610. The summed E-state index contributed by atoms with van der Waals surface area (Å²) in [5.41, 5.74) is 0. The van der Waals surface area contributed by atoms with Gasteiger partial charge in [-0.15, -0.1) is 0 Å². The molecular weight excluding hydrogens is 166 g/mol. The van der Waals surface area contributed by atoms with Crippen LogP contribution in [-0.2, 0) is 9.53 Å². The molecule has 1 rings (SSSR count). The van der Waals surface area contributed by atoms with E-state index in [4.69, 9.17) is 4.74 Å². The van der Waals surface area contributed by atoms with E-state index in [1.165, 1.54) is 0 Å². The summed E-state index contributed by atoms with van der Waals surface area (Å²) in [5.74, 6) is 0.628. The number of ketones is 1. The average Bonchev–Trinajstić information content (AvgIpc) is 2.12. The van der Waals surface area contributed by atoms with Crippen molar-refractivity contribution in [1.82, 2.24) is 4.90 Å². The Morgan fingerprint density at radius 1 is 1.62 bits per heavy atom. The van der Waals surface area contributed by atoms with Crippen LogP contribution in [0.15, 0.2) is 0 Å². The lowest BCUT2D eigenvalue weighted by Gasteiger charge is -2.29. The average molecular weight is 185 g/mol. The number of hydrogen-bond donors (Lipinski definition) is 0. The predicted octanol–water partition coefficient (Wildman–Crippen LogP) is 0.934. The van der Waals surface area contributed by atoms with Gasteiger partial charge in [0.25, 0.3) is 0 Å². The van der Waals surface area contributed by atoms with E-state index >= 15 is 0 Å². The molecule has 1 aliphatic heterocycles. The highest BCUT2D eigenvalue weighted by molar-refractivity contribution is 5.81. The van der Waals surface area contributed by atoms with E-state index in [9.17, 15) is 4.79 Å². The first-order valence-electron chi connectivity index (χ1n) is 5.07. The van der Waals surface area contributed by atoms with E-state index in [0.717, 1.165) is 32.8 Å². The zero-order valence-corrected chi connectivity index (χ0v) is 8.58. The van der Waals surface area contributed by atoms with Crippen molar-refractivity contribution in [3.8, 4) is 0 Å². The van der Waals surface area contributed by atoms with E-state index in [-0.39, 0.29) is 5.92 Å². The molecule has 76 valence electrons. The van der Waals surface area contributed by atoms with Crippen molar-refractivity contribution in [2.75, 3.05) is 32.8 Å². The van der Waals surface area contributed by atoms with Crippen LogP contribution < -0.4 is 0 Å². The van der Waals surface area contributed by atoms with Crippen molar-refractivity contribution in [2.24, 2.45) is 5.92 Å². The summed E-state index contributed by atoms with van der Waals surface area (Å²) in [4.78, 5) is 13.5. The molecule has 3 nitrogen and oxygen atoms in total. The van der Waals surface area contributed by atoms with Crippen molar-refractivity contribution < 1.29 is 9.53 Å². The summed E-state index contributed by atoms with van der Waals surface area (Å²) in [5, 5.41) is 0. The van der Waals surface area contributed by atoms with E-state index in [1.54, 1.807) is 0 Å². The van der Waals surface area contributed by atoms with Crippen molar-refractivity contribution in [3.05, 3.63) is 0 Å². The second-order valence-corrected chi connectivity index (χ2v) is 3.61. The van der Waals surface area contributed by atoms with Gasteiger partial charge < -0.3 is 4.74 Å². The molecule has 0 bridgehead atoms. The fourth-order valence-electron chi connectivity index (χ4n) is 1.64. The Bertz CT molecular complexity index is 170. The smallest absolute Gasteiger partial charge is 0.138 e.